The highest BCUT2D eigenvalue weighted by molar-refractivity contribution is 6.30. The number of hydrogen-bond acceptors (Lipinski definition) is 4. The summed E-state index contributed by atoms with van der Waals surface area (Å²) in [6, 6.07) is 12.2. The van der Waals surface area contributed by atoms with Crippen molar-refractivity contribution >= 4 is 34.9 Å². The number of aryl methyl sites for hydroxylation is 2. The molecule has 0 radical (unpaired) electrons. The number of Topliss-reactive ketones (excluding diaryl/α,β-unsaturated/α-hetero) is 1. The molecule has 5 nitrogen and oxygen atoms in total. The van der Waals surface area contributed by atoms with E-state index in [2.05, 4.69) is 0 Å². The van der Waals surface area contributed by atoms with Crippen LogP contribution in [0, 0.1) is 19.8 Å². The highest BCUT2D eigenvalue weighted by atomic mass is 35.5. The van der Waals surface area contributed by atoms with Crippen molar-refractivity contribution in [2.45, 2.75) is 20.3 Å². The Morgan fingerprint density at radius 3 is 2.52 bits per heavy atom. The maximum absolute atomic E-state index is 12.4. The molecule has 1 amide bonds. The van der Waals surface area contributed by atoms with E-state index in [0.29, 0.717) is 10.6 Å². The number of carbonyl (C=O) groups excluding carboxylic acids is 3. The van der Waals surface area contributed by atoms with E-state index in [9.17, 15) is 14.4 Å². The van der Waals surface area contributed by atoms with Crippen LogP contribution in [0.2, 0.25) is 5.02 Å². The fourth-order valence-electron chi connectivity index (χ4n) is 3.18. The Morgan fingerprint density at radius 1 is 1.15 bits per heavy atom. The minimum atomic E-state index is -0.573. The first-order valence-corrected chi connectivity index (χ1v) is 9.06. The molecule has 1 saturated heterocycles. The van der Waals surface area contributed by atoms with Crippen LogP contribution in [-0.2, 0) is 14.3 Å². The molecule has 2 aromatic carbocycles. The molecule has 140 valence electrons. The fraction of sp³-hybridized carbons (Fsp3) is 0.286. The normalized spacial score (nSPS) is 16.5. The lowest BCUT2D eigenvalue weighted by Crippen LogP contribution is -2.27. The molecule has 1 heterocycles. The third kappa shape index (κ3) is 4.37. The van der Waals surface area contributed by atoms with Crippen molar-refractivity contribution in [1.29, 1.82) is 0 Å². The number of nitrogens with zero attached hydrogens (tertiary/aromatic N) is 1. The lowest BCUT2D eigenvalue weighted by molar-refractivity contribution is -0.147. The summed E-state index contributed by atoms with van der Waals surface area (Å²) in [5.74, 6) is -1.53. The molecule has 1 fully saturated rings. The zero-order valence-corrected chi connectivity index (χ0v) is 16.0. The predicted octanol–water partition coefficient (Wildman–Crippen LogP) is 3.74. The summed E-state index contributed by atoms with van der Waals surface area (Å²) in [5, 5.41) is 0.527. The van der Waals surface area contributed by atoms with Crippen LogP contribution in [0.1, 0.15) is 27.9 Å². The number of carbonyl (C=O) groups is 3. The van der Waals surface area contributed by atoms with Gasteiger partial charge < -0.3 is 9.64 Å². The van der Waals surface area contributed by atoms with Crippen molar-refractivity contribution in [2.75, 3.05) is 18.1 Å². The fourth-order valence-corrected chi connectivity index (χ4v) is 3.31. The summed E-state index contributed by atoms with van der Waals surface area (Å²) in [6.07, 6.45) is 0.0846. The molecule has 0 unspecified atom stereocenters. The van der Waals surface area contributed by atoms with E-state index < -0.39 is 11.9 Å². The van der Waals surface area contributed by atoms with Crippen LogP contribution in [0.5, 0.6) is 0 Å². The summed E-state index contributed by atoms with van der Waals surface area (Å²) in [5.41, 5.74) is 3.32. The van der Waals surface area contributed by atoms with Crippen LogP contribution < -0.4 is 4.90 Å². The molecule has 0 spiro atoms. The molecular formula is C21H20ClNO4. The Morgan fingerprint density at radius 2 is 1.85 bits per heavy atom. The van der Waals surface area contributed by atoms with Crippen molar-refractivity contribution in [3.63, 3.8) is 0 Å². The van der Waals surface area contributed by atoms with Gasteiger partial charge in [-0.2, -0.15) is 0 Å². The molecule has 2 aromatic rings. The molecule has 1 aliphatic heterocycles. The van der Waals surface area contributed by atoms with Gasteiger partial charge in [-0.1, -0.05) is 29.3 Å². The number of ketones is 1. The second-order valence-electron chi connectivity index (χ2n) is 6.73. The summed E-state index contributed by atoms with van der Waals surface area (Å²) in [4.78, 5) is 38.4. The summed E-state index contributed by atoms with van der Waals surface area (Å²) in [7, 11) is 0. The number of esters is 1. The molecular weight excluding hydrogens is 366 g/mol. The van der Waals surface area contributed by atoms with Crippen LogP contribution in [0.25, 0.3) is 0 Å². The van der Waals surface area contributed by atoms with Crippen LogP contribution >= 0.6 is 11.6 Å². The smallest absolute Gasteiger partial charge is 0.311 e. The van der Waals surface area contributed by atoms with E-state index in [1.165, 1.54) is 0 Å². The third-order valence-electron chi connectivity index (χ3n) is 4.61. The zero-order valence-electron chi connectivity index (χ0n) is 15.2. The maximum atomic E-state index is 12.4. The Hall–Kier alpha value is -2.66. The lowest BCUT2D eigenvalue weighted by Gasteiger charge is -2.19. The average molecular weight is 386 g/mol. The number of anilines is 1. The van der Waals surface area contributed by atoms with E-state index in [0.717, 1.165) is 16.8 Å². The van der Waals surface area contributed by atoms with Gasteiger partial charge in [0, 0.05) is 29.2 Å². The second-order valence-corrected chi connectivity index (χ2v) is 7.17. The van der Waals surface area contributed by atoms with E-state index in [1.807, 2.05) is 32.0 Å². The number of benzene rings is 2. The lowest BCUT2D eigenvalue weighted by atomic mass is 10.1. The number of amides is 1. The first-order chi connectivity index (χ1) is 12.8. The van der Waals surface area contributed by atoms with Crippen molar-refractivity contribution in [2.24, 2.45) is 5.92 Å². The van der Waals surface area contributed by atoms with Gasteiger partial charge in [0.2, 0.25) is 5.91 Å². The monoisotopic (exact) mass is 385 g/mol. The Balaban J connectivity index is 1.60. The van der Waals surface area contributed by atoms with Gasteiger partial charge >= 0.3 is 5.97 Å². The number of halogens is 1. The highest BCUT2D eigenvalue weighted by Crippen LogP contribution is 2.29. The van der Waals surface area contributed by atoms with E-state index >= 15 is 0 Å². The molecule has 1 aliphatic rings. The van der Waals surface area contributed by atoms with E-state index in [-0.39, 0.29) is 31.3 Å². The van der Waals surface area contributed by atoms with Gasteiger partial charge in [-0.3, -0.25) is 14.4 Å². The first kappa shape index (κ1) is 19.1. The molecule has 27 heavy (non-hydrogen) atoms. The summed E-state index contributed by atoms with van der Waals surface area (Å²) in [6.45, 7) is 3.83. The summed E-state index contributed by atoms with van der Waals surface area (Å²) < 4.78 is 5.15. The minimum Gasteiger partial charge on any atom is -0.457 e. The number of rotatable bonds is 5. The van der Waals surface area contributed by atoms with Crippen molar-refractivity contribution in [3.05, 3.63) is 64.2 Å². The van der Waals surface area contributed by atoms with Crippen molar-refractivity contribution in [3.8, 4) is 0 Å². The third-order valence-corrected chi connectivity index (χ3v) is 4.87. The zero-order chi connectivity index (χ0) is 19.6. The Bertz CT molecular complexity index is 892. The Kier molecular flexibility index (Phi) is 5.61. The van der Waals surface area contributed by atoms with E-state index in [1.54, 1.807) is 29.2 Å². The second kappa shape index (κ2) is 7.92. The van der Waals surface area contributed by atoms with Gasteiger partial charge in [-0.25, -0.2) is 0 Å². The average Bonchev–Trinajstić information content (AvgIpc) is 3.01. The van der Waals surface area contributed by atoms with Crippen LogP contribution in [0.15, 0.2) is 42.5 Å². The van der Waals surface area contributed by atoms with Crippen molar-refractivity contribution in [1.82, 2.24) is 0 Å². The summed E-state index contributed by atoms with van der Waals surface area (Å²) >= 11 is 5.79. The van der Waals surface area contributed by atoms with Crippen LogP contribution in [0.4, 0.5) is 5.69 Å². The standard InChI is InChI=1S/C21H20ClNO4/c1-13-3-8-18(14(2)9-13)23-11-16(10-20(23)25)21(26)27-12-19(24)15-4-6-17(22)7-5-15/h3-9,16H,10-12H2,1-2H3/t16-/m1/s1. The quantitative estimate of drug-likeness (QED) is 0.581. The van der Waals surface area contributed by atoms with Gasteiger partial charge in [0.05, 0.1) is 5.92 Å². The maximum Gasteiger partial charge on any atom is 0.311 e. The molecule has 0 saturated carbocycles. The van der Waals surface area contributed by atoms with E-state index in [4.69, 9.17) is 16.3 Å². The molecule has 0 aromatic heterocycles. The van der Waals surface area contributed by atoms with Crippen LogP contribution in [-0.4, -0.2) is 30.8 Å². The topological polar surface area (TPSA) is 63.7 Å². The number of hydrogen-bond donors (Lipinski definition) is 0. The van der Waals surface area contributed by atoms with Crippen molar-refractivity contribution < 1.29 is 19.1 Å². The molecule has 0 bridgehead atoms. The minimum absolute atomic E-state index is 0.0846. The molecule has 6 heteroatoms. The molecule has 1 atom stereocenters. The predicted molar refractivity (Wildman–Crippen MR) is 103 cm³/mol. The van der Waals surface area contributed by atoms with Crippen LogP contribution in [0.3, 0.4) is 0 Å². The van der Waals surface area contributed by atoms with Gasteiger partial charge in [-0.05, 0) is 49.7 Å². The van der Waals surface area contributed by atoms with Gasteiger partial charge in [0.25, 0.3) is 0 Å². The largest absolute Gasteiger partial charge is 0.457 e. The number of ether oxygens (including phenoxy) is 1. The van der Waals surface area contributed by atoms with Gasteiger partial charge in [0.15, 0.2) is 12.4 Å². The SMILES string of the molecule is Cc1ccc(N2C[C@H](C(=O)OCC(=O)c3ccc(Cl)cc3)CC2=O)c(C)c1. The molecule has 0 aliphatic carbocycles. The molecule has 0 N–H and O–H groups in total. The van der Waals surface area contributed by atoms with Gasteiger partial charge in [0.1, 0.15) is 0 Å². The van der Waals surface area contributed by atoms with Gasteiger partial charge in [-0.15, -0.1) is 0 Å². The molecule has 3 rings (SSSR count). The first-order valence-electron chi connectivity index (χ1n) is 8.68. The highest BCUT2D eigenvalue weighted by Gasteiger charge is 2.36. The Labute approximate surface area is 162 Å².